The third kappa shape index (κ3) is 3.63. The highest BCUT2D eigenvalue weighted by atomic mass is 32.2. The topological polar surface area (TPSA) is 70.7 Å². The highest BCUT2D eigenvalue weighted by Gasteiger charge is 2.10. The molecule has 0 aliphatic carbocycles. The third-order valence-electron chi connectivity index (χ3n) is 2.83. The van der Waals surface area contributed by atoms with E-state index in [2.05, 4.69) is 27.4 Å². The molecule has 3 aromatic rings. The molecule has 114 valence electrons. The Labute approximate surface area is 140 Å². The third-order valence-corrected chi connectivity index (χ3v) is 5.74. The highest BCUT2D eigenvalue weighted by Crippen LogP contribution is 2.28. The van der Waals surface area contributed by atoms with Crippen molar-refractivity contribution in [3.05, 3.63) is 30.5 Å². The van der Waals surface area contributed by atoms with Gasteiger partial charge in [0.25, 0.3) is 0 Å². The van der Waals surface area contributed by atoms with Crippen LogP contribution in [0.1, 0.15) is 6.92 Å². The van der Waals surface area contributed by atoms with Gasteiger partial charge < -0.3 is 4.98 Å². The number of amides is 1. The molecular formula is C14H14N4OS3. The molecule has 0 unspecified atom stereocenters. The number of rotatable bonds is 6. The lowest BCUT2D eigenvalue weighted by Crippen LogP contribution is -2.13. The minimum absolute atomic E-state index is 0.0699. The molecule has 0 radical (unpaired) electrons. The number of hydrogen-bond donors (Lipinski definition) is 2. The van der Waals surface area contributed by atoms with Crippen molar-refractivity contribution in [3.8, 4) is 0 Å². The quantitative estimate of drug-likeness (QED) is 0.522. The standard InChI is InChI=1S/C14H14N4OS3/c1-2-20-14-18-17-13(22-14)16-12(19)8-21-11-7-15-10-6-4-3-5-9(10)11/h3-7,15H,2,8H2,1H3,(H,16,17,19). The molecule has 1 aromatic carbocycles. The number of para-hydroxylation sites is 1. The van der Waals surface area contributed by atoms with Crippen molar-refractivity contribution in [1.82, 2.24) is 15.2 Å². The second kappa shape index (κ2) is 7.17. The fourth-order valence-corrected chi connectivity index (χ4v) is 4.40. The smallest absolute Gasteiger partial charge is 0.236 e. The van der Waals surface area contributed by atoms with E-state index < -0.39 is 0 Å². The van der Waals surface area contributed by atoms with Crippen molar-refractivity contribution in [2.45, 2.75) is 16.2 Å². The van der Waals surface area contributed by atoms with Crippen LogP contribution in [0.25, 0.3) is 10.9 Å². The average Bonchev–Trinajstić information content (AvgIpc) is 3.12. The van der Waals surface area contributed by atoms with Crippen LogP contribution in [-0.2, 0) is 4.79 Å². The minimum Gasteiger partial charge on any atom is -0.360 e. The summed E-state index contributed by atoms with van der Waals surface area (Å²) < 4.78 is 0.877. The fourth-order valence-electron chi connectivity index (χ4n) is 1.91. The number of hydrogen-bond acceptors (Lipinski definition) is 6. The lowest BCUT2D eigenvalue weighted by Gasteiger charge is -2.00. The van der Waals surface area contributed by atoms with Crippen molar-refractivity contribution in [1.29, 1.82) is 0 Å². The van der Waals surface area contributed by atoms with Gasteiger partial charge in [-0.25, -0.2) is 0 Å². The number of carbonyl (C=O) groups excluding carboxylic acids is 1. The lowest BCUT2D eigenvalue weighted by atomic mass is 10.2. The zero-order valence-corrected chi connectivity index (χ0v) is 14.3. The number of thioether (sulfide) groups is 2. The first-order valence-corrected chi connectivity index (χ1v) is 9.50. The summed E-state index contributed by atoms with van der Waals surface area (Å²) in [7, 11) is 0. The Morgan fingerprint density at radius 2 is 2.18 bits per heavy atom. The van der Waals surface area contributed by atoms with Crippen LogP contribution in [0.5, 0.6) is 0 Å². The summed E-state index contributed by atoms with van der Waals surface area (Å²) in [6, 6.07) is 8.05. The number of anilines is 1. The van der Waals surface area contributed by atoms with Gasteiger partial charge in [-0.05, 0) is 11.8 Å². The first kappa shape index (κ1) is 15.4. The molecule has 8 heteroatoms. The van der Waals surface area contributed by atoms with Crippen LogP contribution in [0.2, 0.25) is 0 Å². The Kier molecular flexibility index (Phi) is 5.01. The van der Waals surface area contributed by atoms with Crippen LogP contribution in [0.3, 0.4) is 0 Å². The molecule has 0 aliphatic rings. The average molecular weight is 350 g/mol. The largest absolute Gasteiger partial charge is 0.360 e. The monoisotopic (exact) mass is 350 g/mol. The number of nitrogens with one attached hydrogen (secondary N) is 2. The van der Waals surface area contributed by atoms with Crippen molar-refractivity contribution >= 4 is 56.8 Å². The summed E-state index contributed by atoms with van der Waals surface area (Å²) in [6.07, 6.45) is 1.93. The molecule has 0 bridgehead atoms. The minimum atomic E-state index is -0.0699. The van der Waals surface area contributed by atoms with Gasteiger partial charge in [0.1, 0.15) is 0 Å². The molecule has 0 atom stereocenters. The van der Waals surface area contributed by atoms with Crippen LogP contribution >= 0.6 is 34.9 Å². The molecule has 2 heterocycles. The molecule has 0 fully saturated rings. The number of nitrogens with zero attached hydrogens (tertiary/aromatic N) is 2. The molecule has 2 aromatic heterocycles. The number of H-pyrrole nitrogens is 1. The van der Waals surface area contributed by atoms with Crippen LogP contribution in [0.4, 0.5) is 5.13 Å². The van der Waals surface area contributed by atoms with E-state index >= 15 is 0 Å². The maximum absolute atomic E-state index is 12.0. The Morgan fingerprint density at radius 1 is 1.32 bits per heavy atom. The fraction of sp³-hybridized carbons (Fsp3) is 0.214. The van der Waals surface area contributed by atoms with E-state index in [4.69, 9.17) is 0 Å². The molecule has 22 heavy (non-hydrogen) atoms. The summed E-state index contributed by atoms with van der Waals surface area (Å²) in [5, 5.41) is 12.5. The Morgan fingerprint density at radius 3 is 3.05 bits per heavy atom. The van der Waals surface area contributed by atoms with Crippen molar-refractivity contribution in [3.63, 3.8) is 0 Å². The number of aromatic nitrogens is 3. The van der Waals surface area contributed by atoms with E-state index in [0.717, 1.165) is 25.9 Å². The van der Waals surface area contributed by atoms with E-state index in [1.807, 2.05) is 30.5 Å². The first-order valence-electron chi connectivity index (χ1n) is 6.71. The zero-order chi connectivity index (χ0) is 15.4. The van der Waals surface area contributed by atoms with E-state index in [1.165, 1.54) is 23.1 Å². The maximum atomic E-state index is 12.0. The Bertz CT molecular complexity index is 783. The molecule has 0 saturated heterocycles. The number of benzene rings is 1. The zero-order valence-electron chi connectivity index (χ0n) is 11.8. The predicted octanol–water partition coefficient (Wildman–Crippen LogP) is 3.86. The van der Waals surface area contributed by atoms with Crippen LogP contribution < -0.4 is 5.32 Å². The number of carbonyl (C=O) groups is 1. The Hall–Kier alpha value is -1.51. The molecular weight excluding hydrogens is 336 g/mol. The molecule has 2 N–H and O–H groups in total. The normalized spacial score (nSPS) is 11.0. The molecule has 0 spiro atoms. The first-order chi connectivity index (χ1) is 10.8. The molecule has 0 aliphatic heterocycles. The highest BCUT2D eigenvalue weighted by molar-refractivity contribution is 8.01. The van der Waals surface area contributed by atoms with E-state index in [9.17, 15) is 4.79 Å². The van der Waals surface area contributed by atoms with Gasteiger partial charge in [-0.2, -0.15) is 0 Å². The number of fused-ring (bicyclic) bond motifs is 1. The van der Waals surface area contributed by atoms with E-state index in [-0.39, 0.29) is 5.91 Å². The van der Waals surface area contributed by atoms with Gasteiger partial charge in [0.05, 0.1) is 5.75 Å². The van der Waals surface area contributed by atoms with Crippen molar-refractivity contribution < 1.29 is 4.79 Å². The summed E-state index contributed by atoms with van der Waals surface area (Å²) in [6.45, 7) is 2.06. The molecule has 1 amide bonds. The maximum Gasteiger partial charge on any atom is 0.236 e. The van der Waals surface area contributed by atoms with E-state index in [0.29, 0.717) is 10.9 Å². The van der Waals surface area contributed by atoms with Crippen molar-refractivity contribution in [2.24, 2.45) is 0 Å². The van der Waals surface area contributed by atoms with Crippen molar-refractivity contribution in [2.75, 3.05) is 16.8 Å². The summed E-state index contributed by atoms with van der Waals surface area (Å²) >= 11 is 4.53. The SMILES string of the molecule is CCSc1nnc(NC(=O)CSc2c[nH]c3ccccc23)s1. The number of aromatic amines is 1. The Balaban J connectivity index is 1.57. The van der Waals surface area contributed by atoms with Gasteiger partial charge in [0.15, 0.2) is 4.34 Å². The molecule has 3 rings (SSSR count). The molecule has 0 saturated carbocycles. The van der Waals surface area contributed by atoms with Gasteiger partial charge in [0, 0.05) is 22.0 Å². The van der Waals surface area contributed by atoms with Gasteiger partial charge in [-0.3, -0.25) is 10.1 Å². The van der Waals surface area contributed by atoms with Gasteiger partial charge in [0.2, 0.25) is 11.0 Å². The summed E-state index contributed by atoms with van der Waals surface area (Å²) in [5.74, 6) is 1.22. The van der Waals surface area contributed by atoms with Gasteiger partial charge in [-0.1, -0.05) is 48.2 Å². The second-order valence-corrected chi connectivity index (χ2v) is 7.85. The predicted molar refractivity (Wildman–Crippen MR) is 94.0 cm³/mol. The van der Waals surface area contributed by atoms with Crippen LogP contribution in [0.15, 0.2) is 39.7 Å². The molecule has 5 nitrogen and oxygen atoms in total. The summed E-state index contributed by atoms with van der Waals surface area (Å²) in [4.78, 5) is 16.3. The second-order valence-electron chi connectivity index (χ2n) is 4.34. The summed E-state index contributed by atoms with van der Waals surface area (Å²) in [5.41, 5.74) is 1.08. The van der Waals surface area contributed by atoms with Crippen LogP contribution in [-0.4, -0.2) is 32.6 Å². The van der Waals surface area contributed by atoms with Gasteiger partial charge >= 0.3 is 0 Å². The lowest BCUT2D eigenvalue weighted by molar-refractivity contribution is -0.113. The van der Waals surface area contributed by atoms with Crippen LogP contribution in [0, 0.1) is 0 Å². The van der Waals surface area contributed by atoms with Gasteiger partial charge in [-0.15, -0.1) is 22.0 Å². The van der Waals surface area contributed by atoms with E-state index in [1.54, 1.807) is 11.8 Å².